The zero-order chi connectivity index (χ0) is 17.8. The van der Waals surface area contributed by atoms with Crippen molar-refractivity contribution >= 4 is 16.9 Å². The zero-order valence-corrected chi connectivity index (χ0v) is 14.9. The van der Waals surface area contributed by atoms with Crippen LogP contribution in [0, 0.1) is 13.8 Å². The fourth-order valence-electron chi connectivity index (χ4n) is 2.83. The van der Waals surface area contributed by atoms with Crippen molar-refractivity contribution in [1.29, 1.82) is 0 Å². The first kappa shape index (κ1) is 17.2. The highest BCUT2D eigenvalue weighted by Gasteiger charge is 2.11. The van der Waals surface area contributed by atoms with Crippen LogP contribution in [0.1, 0.15) is 27.8 Å². The summed E-state index contributed by atoms with van der Waals surface area (Å²) in [5, 5.41) is 3.98. The molecule has 0 aliphatic heterocycles. The van der Waals surface area contributed by atoms with E-state index in [1.165, 1.54) is 11.1 Å². The highest BCUT2D eigenvalue weighted by Crippen LogP contribution is 2.25. The molecule has 0 atom stereocenters. The Morgan fingerprint density at radius 1 is 1.08 bits per heavy atom. The van der Waals surface area contributed by atoms with E-state index in [1.54, 1.807) is 13.4 Å². The van der Waals surface area contributed by atoms with E-state index >= 15 is 0 Å². The predicted octanol–water partition coefficient (Wildman–Crippen LogP) is 4.05. The van der Waals surface area contributed by atoms with E-state index in [9.17, 15) is 4.79 Å². The molecule has 4 heteroatoms. The average Bonchev–Trinajstić information content (AvgIpc) is 2.97. The van der Waals surface area contributed by atoms with Gasteiger partial charge in [0.15, 0.2) is 0 Å². The van der Waals surface area contributed by atoms with Crippen LogP contribution < -0.4 is 5.32 Å². The fraction of sp³-hybridized carbons (Fsp3) is 0.286. The number of aryl methyl sites for hydroxylation is 2. The molecule has 0 saturated heterocycles. The van der Waals surface area contributed by atoms with Crippen molar-refractivity contribution in [3.63, 3.8) is 0 Å². The highest BCUT2D eigenvalue weighted by atomic mass is 16.5. The first-order chi connectivity index (χ1) is 12.1. The molecule has 130 valence electrons. The largest absolute Gasteiger partial charge is 0.464 e. The van der Waals surface area contributed by atoms with Crippen LogP contribution in [0.2, 0.25) is 0 Å². The molecular formula is C21H23NO3. The van der Waals surface area contributed by atoms with Gasteiger partial charge in [0, 0.05) is 24.6 Å². The number of carbonyl (C=O) groups is 1. The molecule has 3 rings (SSSR count). The Morgan fingerprint density at radius 2 is 1.76 bits per heavy atom. The lowest BCUT2D eigenvalue weighted by molar-refractivity contribution is -0.120. The van der Waals surface area contributed by atoms with E-state index in [2.05, 4.69) is 25.2 Å². The van der Waals surface area contributed by atoms with Gasteiger partial charge >= 0.3 is 0 Å². The molecule has 25 heavy (non-hydrogen) atoms. The minimum atomic E-state index is -0.0121. The number of ether oxygens (including phenoxy) is 1. The second-order valence-electron chi connectivity index (χ2n) is 6.40. The maximum absolute atomic E-state index is 12.3. The second kappa shape index (κ2) is 7.53. The van der Waals surface area contributed by atoms with Crippen molar-refractivity contribution in [3.05, 3.63) is 70.5 Å². The molecular weight excluding hydrogens is 314 g/mol. The topological polar surface area (TPSA) is 51.5 Å². The van der Waals surface area contributed by atoms with Gasteiger partial charge in [-0.05, 0) is 48.2 Å². The van der Waals surface area contributed by atoms with Gasteiger partial charge in [0.2, 0.25) is 5.91 Å². The van der Waals surface area contributed by atoms with E-state index in [1.807, 2.05) is 30.3 Å². The number of carbonyl (C=O) groups excluding carboxylic acids is 1. The van der Waals surface area contributed by atoms with Crippen molar-refractivity contribution < 1.29 is 13.9 Å². The van der Waals surface area contributed by atoms with Gasteiger partial charge < -0.3 is 14.5 Å². The van der Waals surface area contributed by atoms with Crippen LogP contribution in [0.4, 0.5) is 0 Å². The van der Waals surface area contributed by atoms with Crippen molar-refractivity contribution in [2.75, 3.05) is 7.11 Å². The molecule has 0 saturated carbocycles. The Kier molecular flexibility index (Phi) is 5.19. The first-order valence-corrected chi connectivity index (χ1v) is 8.37. The number of benzene rings is 2. The van der Waals surface area contributed by atoms with E-state index < -0.39 is 0 Å². The Labute approximate surface area is 147 Å². The summed E-state index contributed by atoms with van der Waals surface area (Å²) in [6.07, 6.45) is 2.00. The van der Waals surface area contributed by atoms with Crippen LogP contribution >= 0.6 is 0 Å². The fourth-order valence-corrected chi connectivity index (χ4v) is 2.83. The molecule has 0 bridgehead atoms. The summed E-state index contributed by atoms with van der Waals surface area (Å²) < 4.78 is 10.7. The maximum Gasteiger partial charge on any atom is 0.224 e. The SMILES string of the molecule is COCc1ccc(CNC(=O)Cc2coc3cc(C)c(C)cc23)cc1. The van der Waals surface area contributed by atoms with Gasteiger partial charge in [0.25, 0.3) is 0 Å². The highest BCUT2D eigenvalue weighted by molar-refractivity contribution is 5.88. The summed E-state index contributed by atoms with van der Waals surface area (Å²) in [5.41, 5.74) is 6.33. The number of nitrogens with one attached hydrogen (secondary N) is 1. The molecule has 0 unspecified atom stereocenters. The van der Waals surface area contributed by atoms with Crippen LogP contribution in [0.25, 0.3) is 11.0 Å². The van der Waals surface area contributed by atoms with Crippen molar-refractivity contribution in [3.8, 4) is 0 Å². The van der Waals surface area contributed by atoms with Crippen LogP contribution in [-0.2, 0) is 29.1 Å². The molecule has 0 aliphatic carbocycles. The normalized spacial score (nSPS) is 11.0. The number of rotatable bonds is 6. The Bertz CT molecular complexity index is 878. The summed E-state index contributed by atoms with van der Waals surface area (Å²) in [6, 6.07) is 12.2. The molecule has 1 heterocycles. The van der Waals surface area contributed by atoms with Crippen LogP contribution in [0.5, 0.6) is 0 Å². The van der Waals surface area contributed by atoms with Gasteiger partial charge in [0.05, 0.1) is 19.3 Å². The van der Waals surface area contributed by atoms with Gasteiger partial charge in [0.1, 0.15) is 5.58 Å². The maximum atomic E-state index is 12.3. The lowest BCUT2D eigenvalue weighted by atomic mass is 10.0. The Hall–Kier alpha value is -2.59. The summed E-state index contributed by atoms with van der Waals surface area (Å²) in [6.45, 7) is 5.24. The molecule has 0 spiro atoms. The molecule has 0 aliphatic rings. The number of methoxy groups -OCH3 is 1. The molecule has 2 aromatic carbocycles. The van der Waals surface area contributed by atoms with E-state index in [0.717, 1.165) is 27.7 Å². The van der Waals surface area contributed by atoms with Crippen molar-refractivity contribution in [2.45, 2.75) is 33.4 Å². The number of fused-ring (bicyclic) bond motifs is 1. The quantitative estimate of drug-likeness (QED) is 0.738. The standard InChI is InChI=1S/C21H23NO3/c1-14-8-19-18(13-25-20(19)9-15(14)2)10-21(23)22-11-16-4-6-17(7-5-16)12-24-3/h4-9,13H,10-12H2,1-3H3,(H,22,23). The van der Waals surface area contributed by atoms with Crippen molar-refractivity contribution in [2.24, 2.45) is 0 Å². The smallest absolute Gasteiger partial charge is 0.224 e. The molecule has 1 amide bonds. The minimum absolute atomic E-state index is 0.0121. The van der Waals surface area contributed by atoms with Gasteiger partial charge in [-0.1, -0.05) is 24.3 Å². The van der Waals surface area contributed by atoms with Gasteiger partial charge in [-0.3, -0.25) is 4.79 Å². The van der Waals surface area contributed by atoms with E-state index in [-0.39, 0.29) is 5.91 Å². The lowest BCUT2D eigenvalue weighted by Crippen LogP contribution is -2.24. The average molecular weight is 337 g/mol. The third-order valence-corrected chi connectivity index (χ3v) is 4.44. The number of hydrogen-bond donors (Lipinski definition) is 1. The summed E-state index contributed by atoms with van der Waals surface area (Å²) >= 11 is 0. The third-order valence-electron chi connectivity index (χ3n) is 4.44. The molecule has 0 fully saturated rings. The first-order valence-electron chi connectivity index (χ1n) is 8.37. The molecule has 1 aromatic heterocycles. The Morgan fingerprint density at radius 3 is 2.48 bits per heavy atom. The molecule has 1 N–H and O–H groups in total. The molecule has 0 radical (unpaired) electrons. The zero-order valence-electron chi connectivity index (χ0n) is 14.9. The monoisotopic (exact) mass is 337 g/mol. The van der Waals surface area contributed by atoms with Gasteiger partial charge in [-0.25, -0.2) is 0 Å². The minimum Gasteiger partial charge on any atom is -0.464 e. The third kappa shape index (κ3) is 4.09. The van der Waals surface area contributed by atoms with Crippen LogP contribution in [0.15, 0.2) is 47.1 Å². The number of amides is 1. The van der Waals surface area contributed by atoms with Gasteiger partial charge in [-0.2, -0.15) is 0 Å². The van der Waals surface area contributed by atoms with Crippen LogP contribution in [0.3, 0.4) is 0 Å². The Balaban J connectivity index is 1.62. The van der Waals surface area contributed by atoms with Crippen molar-refractivity contribution in [1.82, 2.24) is 5.32 Å². The summed E-state index contributed by atoms with van der Waals surface area (Å²) in [5.74, 6) is -0.0121. The number of hydrogen-bond acceptors (Lipinski definition) is 3. The summed E-state index contributed by atoms with van der Waals surface area (Å²) in [7, 11) is 1.68. The van der Waals surface area contributed by atoms with E-state index in [4.69, 9.17) is 9.15 Å². The number of furan rings is 1. The lowest BCUT2D eigenvalue weighted by Gasteiger charge is -2.06. The summed E-state index contributed by atoms with van der Waals surface area (Å²) in [4.78, 5) is 12.3. The predicted molar refractivity (Wildman–Crippen MR) is 98.4 cm³/mol. The van der Waals surface area contributed by atoms with E-state index in [0.29, 0.717) is 19.6 Å². The van der Waals surface area contributed by atoms with Gasteiger partial charge in [-0.15, -0.1) is 0 Å². The molecule has 3 aromatic rings. The van der Waals surface area contributed by atoms with Crippen LogP contribution in [-0.4, -0.2) is 13.0 Å². The second-order valence-corrected chi connectivity index (χ2v) is 6.40. The molecule has 4 nitrogen and oxygen atoms in total.